The lowest BCUT2D eigenvalue weighted by Crippen LogP contribution is -2.27. The Balaban J connectivity index is 1.27. The molecule has 1 atom stereocenters. The predicted molar refractivity (Wildman–Crippen MR) is 121 cm³/mol. The van der Waals surface area contributed by atoms with Crippen LogP contribution < -0.4 is 5.56 Å². The molecule has 5 rings (SSSR count). The second-order valence-corrected chi connectivity index (χ2v) is 8.78. The van der Waals surface area contributed by atoms with Gasteiger partial charge in [0.05, 0.1) is 17.3 Å². The van der Waals surface area contributed by atoms with E-state index < -0.39 is 12.1 Å². The Kier molecular flexibility index (Phi) is 5.37. The van der Waals surface area contributed by atoms with Gasteiger partial charge in [0, 0.05) is 18.0 Å². The first-order chi connectivity index (χ1) is 15.5. The third kappa shape index (κ3) is 3.97. The van der Waals surface area contributed by atoms with Gasteiger partial charge in [0.25, 0.3) is 5.56 Å². The van der Waals surface area contributed by atoms with E-state index in [2.05, 4.69) is 4.98 Å². The molecule has 1 heterocycles. The van der Waals surface area contributed by atoms with E-state index in [0.717, 1.165) is 32.1 Å². The van der Waals surface area contributed by atoms with E-state index >= 15 is 0 Å². The van der Waals surface area contributed by atoms with Crippen molar-refractivity contribution < 1.29 is 14.3 Å². The molecule has 0 aliphatic heterocycles. The molecule has 2 aliphatic carbocycles. The van der Waals surface area contributed by atoms with Crippen molar-refractivity contribution in [2.75, 3.05) is 0 Å². The first-order valence-electron chi connectivity index (χ1n) is 11.4. The lowest BCUT2D eigenvalue weighted by molar-refractivity contribution is -0.146. The summed E-state index contributed by atoms with van der Waals surface area (Å²) in [6.07, 6.45) is 4.58. The van der Waals surface area contributed by atoms with Crippen LogP contribution in [0.15, 0.2) is 47.3 Å². The van der Waals surface area contributed by atoms with Gasteiger partial charge in [0.2, 0.25) is 5.78 Å². The second-order valence-electron chi connectivity index (χ2n) is 8.78. The lowest BCUT2D eigenvalue weighted by atomic mass is 10.0. The van der Waals surface area contributed by atoms with Gasteiger partial charge in [-0.2, -0.15) is 0 Å². The van der Waals surface area contributed by atoms with Gasteiger partial charge in [-0.05, 0) is 68.4 Å². The summed E-state index contributed by atoms with van der Waals surface area (Å²) in [5.41, 5.74) is 3.69. The highest BCUT2D eigenvalue weighted by atomic mass is 16.5. The van der Waals surface area contributed by atoms with Crippen LogP contribution in [0.25, 0.3) is 10.9 Å². The van der Waals surface area contributed by atoms with Crippen molar-refractivity contribution in [3.05, 3.63) is 75.3 Å². The molecule has 0 radical (unpaired) electrons. The summed E-state index contributed by atoms with van der Waals surface area (Å²) in [5.74, 6) is -0.0470. The molecular formula is C26H26N2O4. The van der Waals surface area contributed by atoms with Crippen LogP contribution in [0.4, 0.5) is 0 Å². The molecule has 1 unspecified atom stereocenters. The Hall–Kier alpha value is -3.28. The topological polar surface area (TPSA) is 78.3 Å². The van der Waals surface area contributed by atoms with Crippen LogP contribution in [0.2, 0.25) is 0 Å². The fourth-order valence-corrected chi connectivity index (χ4v) is 4.56. The fourth-order valence-electron chi connectivity index (χ4n) is 4.56. The molecule has 1 aromatic heterocycles. The van der Waals surface area contributed by atoms with Gasteiger partial charge < -0.3 is 4.74 Å². The highest BCUT2D eigenvalue weighted by Gasteiger charge is 2.29. The largest absolute Gasteiger partial charge is 0.454 e. The average molecular weight is 431 g/mol. The summed E-state index contributed by atoms with van der Waals surface area (Å²) in [7, 11) is 0. The van der Waals surface area contributed by atoms with Crippen molar-refractivity contribution in [3.63, 3.8) is 0 Å². The summed E-state index contributed by atoms with van der Waals surface area (Å²) in [4.78, 5) is 42.9. The fraction of sp³-hybridized carbons (Fsp3) is 0.385. The van der Waals surface area contributed by atoms with Gasteiger partial charge in [-0.3, -0.25) is 19.0 Å². The Labute approximate surface area is 186 Å². The van der Waals surface area contributed by atoms with Crippen LogP contribution in [0, 0.1) is 0 Å². The number of ketones is 1. The number of benzene rings is 2. The van der Waals surface area contributed by atoms with Crippen LogP contribution >= 0.6 is 0 Å². The third-order valence-electron chi connectivity index (χ3n) is 6.41. The molecule has 32 heavy (non-hydrogen) atoms. The number of aryl methyl sites for hydroxylation is 3. The Bertz CT molecular complexity index is 1270. The van der Waals surface area contributed by atoms with Crippen molar-refractivity contribution >= 4 is 22.7 Å². The number of carbonyl (C=O) groups excluding carboxylic acids is 2. The highest BCUT2D eigenvalue weighted by molar-refractivity contribution is 6.00. The van der Waals surface area contributed by atoms with Crippen LogP contribution in [0.1, 0.15) is 66.0 Å². The number of hydrogen-bond acceptors (Lipinski definition) is 5. The molecule has 0 bridgehead atoms. The number of rotatable bonds is 7. The number of aromatic nitrogens is 2. The quantitative estimate of drug-likeness (QED) is 0.419. The lowest BCUT2D eigenvalue weighted by Gasteiger charge is -2.15. The second kappa shape index (κ2) is 8.34. The van der Waals surface area contributed by atoms with Crippen LogP contribution in [0.3, 0.4) is 0 Å². The van der Waals surface area contributed by atoms with Crippen molar-refractivity contribution in [1.29, 1.82) is 0 Å². The summed E-state index contributed by atoms with van der Waals surface area (Å²) < 4.78 is 7.17. The van der Waals surface area contributed by atoms with E-state index in [0.29, 0.717) is 28.7 Å². The van der Waals surface area contributed by atoms with E-state index in [1.54, 1.807) is 17.6 Å². The van der Waals surface area contributed by atoms with Gasteiger partial charge in [-0.25, -0.2) is 4.98 Å². The normalized spacial score (nSPS) is 16.0. The van der Waals surface area contributed by atoms with Crippen LogP contribution in [-0.4, -0.2) is 27.4 Å². The van der Waals surface area contributed by atoms with Crippen molar-refractivity contribution in [2.24, 2.45) is 0 Å². The summed E-state index contributed by atoms with van der Waals surface area (Å²) in [6.45, 7) is 1.61. The molecule has 0 spiro atoms. The van der Waals surface area contributed by atoms with Crippen LogP contribution in [-0.2, 0) is 28.8 Å². The Morgan fingerprint density at radius 3 is 2.72 bits per heavy atom. The molecule has 2 aromatic carbocycles. The standard InChI is InChI=1S/C26H26N2O4/c1-16(25(30)19-10-9-17-5-4-6-18(17)15-19)32-24(29)14-13-23-27-22-8-3-2-7-21(22)26(31)28(23)20-11-12-20/h2-3,7-10,15-16,20H,4-6,11-14H2,1H3. The van der Waals surface area contributed by atoms with Gasteiger partial charge in [0.15, 0.2) is 6.10 Å². The molecule has 1 fully saturated rings. The molecule has 0 saturated heterocycles. The molecule has 2 aliphatic rings. The highest BCUT2D eigenvalue weighted by Crippen LogP contribution is 2.35. The molecule has 0 amide bonds. The number of Topliss-reactive ketones (excluding diaryl/α,β-unsaturated/α-hetero) is 1. The van der Waals surface area contributed by atoms with Gasteiger partial charge in [-0.15, -0.1) is 0 Å². The number of ether oxygens (including phenoxy) is 1. The zero-order valence-electron chi connectivity index (χ0n) is 18.2. The van der Waals surface area contributed by atoms with E-state index in [4.69, 9.17) is 4.74 Å². The molecule has 0 N–H and O–H groups in total. The van der Waals surface area contributed by atoms with Crippen LogP contribution in [0.5, 0.6) is 0 Å². The number of carbonyl (C=O) groups is 2. The monoisotopic (exact) mass is 430 g/mol. The van der Waals surface area contributed by atoms with E-state index in [-0.39, 0.29) is 23.8 Å². The maximum absolute atomic E-state index is 12.9. The minimum Gasteiger partial charge on any atom is -0.454 e. The first-order valence-corrected chi connectivity index (χ1v) is 11.4. The Morgan fingerprint density at radius 1 is 1.12 bits per heavy atom. The van der Waals surface area contributed by atoms with E-state index in [1.165, 1.54) is 11.1 Å². The zero-order chi connectivity index (χ0) is 22.2. The number of fused-ring (bicyclic) bond motifs is 2. The maximum atomic E-state index is 12.9. The first kappa shape index (κ1) is 20.6. The molecule has 6 nitrogen and oxygen atoms in total. The van der Waals surface area contributed by atoms with E-state index in [9.17, 15) is 14.4 Å². The maximum Gasteiger partial charge on any atom is 0.306 e. The van der Waals surface area contributed by atoms with Crippen molar-refractivity contribution in [3.8, 4) is 0 Å². The summed E-state index contributed by atoms with van der Waals surface area (Å²) in [6, 6.07) is 13.2. The third-order valence-corrected chi connectivity index (χ3v) is 6.41. The summed E-state index contributed by atoms with van der Waals surface area (Å²) >= 11 is 0. The SMILES string of the molecule is CC(OC(=O)CCc1nc2ccccc2c(=O)n1C1CC1)C(=O)c1ccc2c(c1)CCC2. The van der Waals surface area contributed by atoms with Gasteiger partial charge in [0.1, 0.15) is 5.82 Å². The number of esters is 1. The Morgan fingerprint density at radius 2 is 1.91 bits per heavy atom. The summed E-state index contributed by atoms with van der Waals surface area (Å²) in [5, 5.41) is 0.597. The van der Waals surface area contributed by atoms with Gasteiger partial charge >= 0.3 is 5.97 Å². The number of para-hydroxylation sites is 1. The smallest absolute Gasteiger partial charge is 0.306 e. The number of hydrogen-bond donors (Lipinski definition) is 0. The average Bonchev–Trinajstić information content (AvgIpc) is 3.52. The van der Waals surface area contributed by atoms with Crippen molar-refractivity contribution in [1.82, 2.24) is 9.55 Å². The van der Waals surface area contributed by atoms with Gasteiger partial charge in [-0.1, -0.05) is 24.3 Å². The van der Waals surface area contributed by atoms with Crippen molar-refractivity contribution in [2.45, 2.75) is 64.0 Å². The number of nitrogens with zero attached hydrogens (tertiary/aromatic N) is 2. The molecule has 1 saturated carbocycles. The minimum absolute atomic E-state index is 0.0541. The minimum atomic E-state index is -0.850. The van der Waals surface area contributed by atoms with E-state index in [1.807, 2.05) is 36.4 Å². The molecule has 3 aromatic rings. The molecule has 164 valence electrons. The predicted octanol–water partition coefficient (Wildman–Crippen LogP) is 3.97. The molecule has 6 heteroatoms. The molecular weight excluding hydrogens is 404 g/mol. The zero-order valence-corrected chi connectivity index (χ0v) is 18.2.